The van der Waals surface area contributed by atoms with Gasteiger partial charge in [0.15, 0.2) is 0 Å². The molecule has 2 nitrogen and oxygen atoms in total. The summed E-state index contributed by atoms with van der Waals surface area (Å²) in [5.41, 5.74) is 7.69. The first-order chi connectivity index (χ1) is 10.7. The topological polar surface area (TPSA) is 46.2 Å². The maximum atomic E-state index is 11.6. The van der Waals surface area contributed by atoms with Crippen molar-refractivity contribution in [3.63, 3.8) is 0 Å². The highest BCUT2D eigenvalue weighted by molar-refractivity contribution is 5.41. The van der Waals surface area contributed by atoms with E-state index in [-0.39, 0.29) is 0 Å². The molecule has 3 aromatic carbocycles. The molecule has 3 N–H and O–H groups in total. The standard InChI is InChI=1S/C20H19NO/c21-19(16-10-4-1-5-11-16)20(22,17-12-6-2-7-13-17)18-14-8-3-9-15-18/h1-15,19,22H,21H2/t19-/m0/s1. The van der Waals surface area contributed by atoms with E-state index in [0.717, 1.165) is 16.7 Å². The minimum Gasteiger partial charge on any atom is -0.378 e. The van der Waals surface area contributed by atoms with Crippen LogP contribution in [0.4, 0.5) is 0 Å². The lowest BCUT2D eigenvalue weighted by atomic mass is 9.78. The highest BCUT2D eigenvalue weighted by Crippen LogP contribution is 2.39. The van der Waals surface area contributed by atoms with Crippen molar-refractivity contribution in [3.05, 3.63) is 108 Å². The third-order valence-corrected chi connectivity index (χ3v) is 4.04. The Hall–Kier alpha value is -2.42. The van der Waals surface area contributed by atoms with Gasteiger partial charge < -0.3 is 10.8 Å². The minimum absolute atomic E-state index is 0.557. The molecule has 0 amide bonds. The van der Waals surface area contributed by atoms with Crippen LogP contribution in [0.2, 0.25) is 0 Å². The molecule has 1 atom stereocenters. The number of hydrogen-bond donors (Lipinski definition) is 2. The van der Waals surface area contributed by atoms with Gasteiger partial charge in [-0.2, -0.15) is 0 Å². The summed E-state index contributed by atoms with van der Waals surface area (Å²) in [5, 5.41) is 11.6. The highest BCUT2D eigenvalue weighted by Gasteiger charge is 2.38. The summed E-state index contributed by atoms with van der Waals surface area (Å²) in [5.74, 6) is 0. The van der Waals surface area contributed by atoms with Crippen LogP contribution in [0.25, 0.3) is 0 Å². The Morgan fingerprint density at radius 1 is 0.636 bits per heavy atom. The Balaban J connectivity index is 2.16. The lowest BCUT2D eigenvalue weighted by Gasteiger charge is -2.35. The molecule has 0 aliphatic rings. The van der Waals surface area contributed by atoms with Crippen molar-refractivity contribution in [1.29, 1.82) is 0 Å². The number of hydrogen-bond acceptors (Lipinski definition) is 2. The predicted octanol–water partition coefficient (Wildman–Crippen LogP) is 3.62. The lowest BCUT2D eigenvalue weighted by molar-refractivity contribution is 0.0512. The molecule has 110 valence electrons. The molecule has 3 aromatic rings. The lowest BCUT2D eigenvalue weighted by Crippen LogP contribution is -2.39. The van der Waals surface area contributed by atoms with E-state index in [1.807, 2.05) is 91.0 Å². The molecule has 0 heterocycles. The van der Waals surface area contributed by atoms with Gasteiger partial charge in [-0.3, -0.25) is 0 Å². The van der Waals surface area contributed by atoms with Gasteiger partial charge >= 0.3 is 0 Å². The van der Waals surface area contributed by atoms with Crippen LogP contribution in [0, 0.1) is 0 Å². The van der Waals surface area contributed by atoms with E-state index in [2.05, 4.69) is 0 Å². The summed E-state index contributed by atoms with van der Waals surface area (Å²) in [7, 11) is 0. The van der Waals surface area contributed by atoms with Gasteiger partial charge in [-0.25, -0.2) is 0 Å². The SMILES string of the molecule is N[C@@H](c1ccccc1)C(O)(c1ccccc1)c1ccccc1. The predicted molar refractivity (Wildman–Crippen MR) is 89.3 cm³/mol. The molecule has 0 fully saturated rings. The molecule has 0 saturated carbocycles. The van der Waals surface area contributed by atoms with Gasteiger partial charge in [-0.15, -0.1) is 0 Å². The van der Waals surface area contributed by atoms with E-state index >= 15 is 0 Å². The van der Waals surface area contributed by atoms with Crippen LogP contribution in [0.15, 0.2) is 91.0 Å². The Labute approximate surface area is 130 Å². The molecule has 0 saturated heterocycles. The monoisotopic (exact) mass is 289 g/mol. The van der Waals surface area contributed by atoms with Crippen molar-refractivity contribution in [1.82, 2.24) is 0 Å². The van der Waals surface area contributed by atoms with Gasteiger partial charge in [0.1, 0.15) is 5.60 Å². The van der Waals surface area contributed by atoms with E-state index in [4.69, 9.17) is 5.73 Å². The first-order valence-electron chi connectivity index (χ1n) is 7.37. The molecular formula is C20H19NO. The number of aliphatic hydroxyl groups is 1. The zero-order valence-electron chi connectivity index (χ0n) is 12.3. The third kappa shape index (κ3) is 2.54. The number of nitrogens with two attached hydrogens (primary N) is 1. The molecule has 0 aliphatic heterocycles. The molecule has 0 aliphatic carbocycles. The fourth-order valence-corrected chi connectivity index (χ4v) is 2.81. The van der Waals surface area contributed by atoms with Crippen LogP contribution in [-0.4, -0.2) is 5.11 Å². The van der Waals surface area contributed by atoms with Gasteiger partial charge in [-0.1, -0.05) is 91.0 Å². The van der Waals surface area contributed by atoms with Gasteiger partial charge in [0.2, 0.25) is 0 Å². The molecule has 0 bridgehead atoms. The zero-order valence-corrected chi connectivity index (χ0v) is 12.3. The van der Waals surface area contributed by atoms with Crippen molar-refractivity contribution >= 4 is 0 Å². The summed E-state index contributed by atoms with van der Waals surface area (Å²) < 4.78 is 0. The van der Waals surface area contributed by atoms with Crippen LogP contribution in [0.1, 0.15) is 22.7 Å². The molecule has 0 spiro atoms. The second-order valence-corrected chi connectivity index (χ2v) is 5.39. The van der Waals surface area contributed by atoms with Crippen LogP contribution in [0.5, 0.6) is 0 Å². The second-order valence-electron chi connectivity index (χ2n) is 5.39. The summed E-state index contributed by atoms with van der Waals surface area (Å²) in [6.45, 7) is 0. The molecule has 0 aromatic heterocycles. The maximum Gasteiger partial charge on any atom is 0.134 e. The Morgan fingerprint density at radius 2 is 1.00 bits per heavy atom. The van der Waals surface area contributed by atoms with Crippen molar-refractivity contribution in [2.75, 3.05) is 0 Å². The Bertz CT molecular complexity index is 671. The van der Waals surface area contributed by atoms with E-state index in [1.54, 1.807) is 0 Å². The fourth-order valence-electron chi connectivity index (χ4n) is 2.81. The summed E-state index contributed by atoms with van der Waals surface area (Å²) in [6.07, 6.45) is 0. The third-order valence-electron chi connectivity index (χ3n) is 4.04. The zero-order chi connectivity index (χ0) is 15.4. The minimum atomic E-state index is -1.27. The average molecular weight is 289 g/mol. The van der Waals surface area contributed by atoms with E-state index in [0.29, 0.717) is 0 Å². The Kier molecular flexibility index (Phi) is 4.05. The van der Waals surface area contributed by atoms with E-state index in [1.165, 1.54) is 0 Å². The van der Waals surface area contributed by atoms with Gasteiger partial charge in [-0.05, 0) is 16.7 Å². The normalized spacial score (nSPS) is 12.8. The first kappa shape index (κ1) is 14.5. The summed E-state index contributed by atoms with van der Waals surface area (Å²) >= 11 is 0. The van der Waals surface area contributed by atoms with E-state index in [9.17, 15) is 5.11 Å². The van der Waals surface area contributed by atoms with Crippen molar-refractivity contribution < 1.29 is 5.11 Å². The molecule has 22 heavy (non-hydrogen) atoms. The average Bonchev–Trinajstić information content (AvgIpc) is 2.62. The molecule has 0 radical (unpaired) electrons. The maximum absolute atomic E-state index is 11.6. The fraction of sp³-hybridized carbons (Fsp3) is 0.100. The van der Waals surface area contributed by atoms with Crippen LogP contribution in [-0.2, 0) is 5.60 Å². The van der Waals surface area contributed by atoms with Crippen LogP contribution >= 0.6 is 0 Å². The van der Waals surface area contributed by atoms with Gasteiger partial charge in [0.05, 0.1) is 6.04 Å². The van der Waals surface area contributed by atoms with Gasteiger partial charge in [0.25, 0.3) is 0 Å². The first-order valence-corrected chi connectivity index (χ1v) is 7.37. The van der Waals surface area contributed by atoms with E-state index < -0.39 is 11.6 Å². The molecular weight excluding hydrogens is 270 g/mol. The second kappa shape index (κ2) is 6.14. The van der Waals surface area contributed by atoms with Crippen LogP contribution in [0.3, 0.4) is 0 Å². The Morgan fingerprint density at radius 3 is 1.41 bits per heavy atom. The van der Waals surface area contributed by atoms with Crippen molar-refractivity contribution in [3.8, 4) is 0 Å². The van der Waals surface area contributed by atoms with Crippen molar-refractivity contribution in [2.45, 2.75) is 11.6 Å². The molecule has 0 unspecified atom stereocenters. The molecule has 2 heteroatoms. The largest absolute Gasteiger partial charge is 0.378 e. The number of rotatable bonds is 4. The van der Waals surface area contributed by atoms with Crippen LogP contribution < -0.4 is 5.73 Å². The smallest absolute Gasteiger partial charge is 0.134 e. The quantitative estimate of drug-likeness (QED) is 0.770. The number of benzene rings is 3. The molecule has 3 rings (SSSR count). The van der Waals surface area contributed by atoms with Gasteiger partial charge in [0, 0.05) is 0 Å². The summed E-state index contributed by atoms with van der Waals surface area (Å²) in [4.78, 5) is 0. The highest BCUT2D eigenvalue weighted by atomic mass is 16.3. The summed E-state index contributed by atoms with van der Waals surface area (Å²) in [6, 6.07) is 28.3. The van der Waals surface area contributed by atoms with Crippen molar-refractivity contribution in [2.24, 2.45) is 5.73 Å².